The zero-order valence-electron chi connectivity index (χ0n) is 12.7. The van der Waals surface area contributed by atoms with Gasteiger partial charge in [-0.3, -0.25) is 0 Å². The van der Waals surface area contributed by atoms with Crippen molar-refractivity contribution in [2.24, 2.45) is 0 Å². The highest BCUT2D eigenvalue weighted by Gasteiger charge is 2.13. The Morgan fingerprint density at radius 2 is 2.10 bits per heavy atom. The van der Waals surface area contributed by atoms with Gasteiger partial charge in [0, 0.05) is 26.6 Å². The number of aliphatic hydroxyl groups is 1. The molecule has 0 heterocycles. The molecule has 1 N–H and O–H groups in total. The normalized spacial score (nSPS) is 10.6. The highest BCUT2D eigenvalue weighted by molar-refractivity contribution is 5.62. The number of rotatable bonds is 5. The molecule has 0 aliphatic rings. The van der Waals surface area contributed by atoms with E-state index < -0.39 is 11.4 Å². The maximum Gasteiger partial charge on any atom is 0.145 e. The topological polar surface area (TPSA) is 49.8 Å². The van der Waals surface area contributed by atoms with Gasteiger partial charge < -0.3 is 19.5 Å². The van der Waals surface area contributed by atoms with Crippen molar-refractivity contribution >= 4 is 12.0 Å². The smallest absolute Gasteiger partial charge is 0.145 e. The predicted octanol–water partition coefficient (Wildman–Crippen LogP) is 1.98. The van der Waals surface area contributed by atoms with Gasteiger partial charge in [0.1, 0.15) is 23.5 Å². The summed E-state index contributed by atoms with van der Waals surface area (Å²) < 4.78 is 19.4. The SMILES string of the molecule is CN(C)c1cc(C#CC(C)(C)O)c(F)cc1OCCC=O. The van der Waals surface area contributed by atoms with Gasteiger partial charge in [0.05, 0.1) is 17.9 Å². The van der Waals surface area contributed by atoms with Crippen LogP contribution in [-0.4, -0.2) is 37.7 Å². The van der Waals surface area contributed by atoms with Crippen LogP contribution in [0.4, 0.5) is 10.1 Å². The third-order valence-electron chi connectivity index (χ3n) is 2.53. The summed E-state index contributed by atoms with van der Waals surface area (Å²) in [6.45, 7) is 3.25. The van der Waals surface area contributed by atoms with E-state index in [1.54, 1.807) is 25.1 Å². The van der Waals surface area contributed by atoms with E-state index in [1.165, 1.54) is 19.9 Å². The van der Waals surface area contributed by atoms with Crippen LogP contribution < -0.4 is 9.64 Å². The van der Waals surface area contributed by atoms with Gasteiger partial charge in [-0.15, -0.1) is 0 Å². The minimum absolute atomic E-state index is 0.184. The molecule has 114 valence electrons. The van der Waals surface area contributed by atoms with Gasteiger partial charge in [-0.25, -0.2) is 4.39 Å². The molecule has 0 bridgehead atoms. The third-order valence-corrected chi connectivity index (χ3v) is 2.53. The molecule has 0 unspecified atom stereocenters. The minimum atomic E-state index is -1.19. The zero-order valence-corrected chi connectivity index (χ0v) is 12.7. The number of nitrogens with zero attached hydrogens (tertiary/aromatic N) is 1. The van der Waals surface area contributed by atoms with Crippen molar-refractivity contribution in [3.05, 3.63) is 23.5 Å². The summed E-state index contributed by atoms with van der Waals surface area (Å²) in [7, 11) is 3.60. The van der Waals surface area contributed by atoms with Crippen molar-refractivity contribution in [3.8, 4) is 17.6 Å². The molecule has 0 spiro atoms. The Morgan fingerprint density at radius 1 is 1.43 bits per heavy atom. The van der Waals surface area contributed by atoms with Crippen molar-refractivity contribution in [3.63, 3.8) is 0 Å². The molecule has 0 amide bonds. The van der Waals surface area contributed by atoms with E-state index in [-0.39, 0.29) is 18.6 Å². The molecule has 0 aromatic heterocycles. The summed E-state index contributed by atoms with van der Waals surface area (Å²) >= 11 is 0. The van der Waals surface area contributed by atoms with Crippen LogP contribution in [0.25, 0.3) is 0 Å². The molecular formula is C16H20FNO3. The van der Waals surface area contributed by atoms with E-state index in [0.717, 1.165) is 6.29 Å². The number of halogens is 1. The van der Waals surface area contributed by atoms with E-state index >= 15 is 0 Å². The molecule has 0 saturated carbocycles. The minimum Gasteiger partial charge on any atom is -0.491 e. The van der Waals surface area contributed by atoms with Crippen molar-refractivity contribution in [1.29, 1.82) is 0 Å². The Bertz CT molecular complexity index is 565. The Morgan fingerprint density at radius 3 is 2.62 bits per heavy atom. The molecule has 4 nitrogen and oxygen atoms in total. The lowest BCUT2D eigenvalue weighted by molar-refractivity contribution is -0.108. The monoisotopic (exact) mass is 293 g/mol. The number of benzene rings is 1. The Kier molecular flexibility index (Phi) is 5.74. The molecule has 1 aromatic carbocycles. The van der Waals surface area contributed by atoms with Crippen LogP contribution >= 0.6 is 0 Å². The number of carbonyl (C=O) groups excluding carboxylic acids is 1. The first-order valence-corrected chi connectivity index (χ1v) is 6.57. The van der Waals surface area contributed by atoms with Crippen molar-refractivity contribution < 1.29 is 19.0 Å². The second-order valence-corrected chi connectivity index (χ2v) is 5.31. The second kappa shape index (κ2) is 7.09. The zero-order chi connectivity index (χ0) is 16.0. The number of carbonyl (C=O) groups is 1. The number of aldehydes is 1. The predicted molar refractivity (Wildman–Crippen MR) is 80.1 cm³/mol. The van der Waals surface area contributed by atoms with E-state index in [1.807, 2.05) is 0 Å². The van der Waals surface area contributed by atoms with Crippen LogP contribution in [0.3, 0.4) is 0 Å². The fourth-order valence-electron chi connectivity index (χ4n) is 1.54. The lowest BCUT2D eigenvalue weighted by Gasteiger charge is -2.18. The fourth-order valence-corrected chi connectivity index (χ4v) is 1.54. The van der Waals surface area contributed by atoms with Gasteiger partial charge in [-0.05, 0) is 19.9 Å². The summed E-state index contributed by atoms with van der Waals surface area (Å²) in [5.74, 6) is 5.03. The number of hydrogen-bond donors (Lipinski definition) is 1. The quantitative estimate of drug-likeness (QED) is 0.512. The van der Waals surface area contributed by atoms with Crippen molar-refractivity contribution in [1.82, 2.24) is 0 Å². The van der Waals surface area contributed by atoms with Crippen LogP contribution in [-0.2, 0) is 4.79 Å². The molecule has 0 aliphatic heterocycles. The van der Waals surface area contributed by atoms with Gasteiger partial charge in [-0.2, -0.15) is 0 Å². The lowest BCUT2D eigenvalue weighted by atomic mass is 10.1. The number of hydrogen-bond acceptors (Lipinski definition) is 4. The highest BCUT2D eigenvalue weighted by Crippen LogP contribution is 2.30. The molecule has 1 rings (SSSR count). The largest absolute Gasteiger partial charge is 0.491 e. The summed E-state index contributed by atoms with van der Waals surface area (Å²) in [6.07, 6.45) is 0.990. The number of anilines is 1. The molecule has 5 heteroatoms. The van der Waals surface area contributed by atoms with Crippen LogP contribution in [0.15, 0.2) is 12.1 Å². The molecule has 0 atom stereocenters. The standard InChI is InChI=1S/C16H20FNO3/c1-16(2,20)7-6-12-10-14(18(3)4)15(11-13(12)17)21-9-5-8-19/h8,10-11,20H,5,9H2,1-4H3. The fraction of sp³-hybridized carbons (Fsp3) is 0.438. The molecule has 1 aromatic rings. The van der Waals surface area contributed by atoms with Gasteiger partial charge in [0.15, 0.2) is 0 Å². The Labute approximate surface area is 124 Å². The molecule has 0 fully saturated rings. The first kappa shape index (κ1) is 17.0. The van der Waals surface area contributed by atoms with E-state index in [4.69, 9.17) is 4.74 Å². The van der Waals surface area contributed by atoms with Gasteiger partial charge in [0.2, 0.25) is 0 Å². The molecule has 0 saturated heterocycles. The van der Waals surface area contributed by atoms with E-state index in [9.17, 15) is 14.3 Å². The molecule has 0 aliphatic carbocycles. The lowest BCUT2D eigenvalue weighted by Crippen LogP contribution is -2.15. The Balaban J connectivity index is 3.16. The van der Waals surface area contributed by atoms with Crippen molar-refractivity contribution in [2.75, 3.05) is 25.6 Å². The summed E-state index contributed by atoms with van der Waals surface area (Å²) in [6, 6.07) is 2.80. The molecule has 0 radical (unpaired) electrons. The third kappa shape index (κ3) is 5.44. The van der Waals surface area contributed by atoms with Crippen LogP contribution in [0.2, 0.25) is 0 Å². The first-order chi connectivity index (χ1) is 9.74. The number of ether oxygens (including phenoxy) is 1. The molecular weight excluding hydrogens is 273 g/mol. The van der Waals surface area contributed by atoms with Crippen molar-refractivity contribution in [2.45, 2.75) is 25.9 Å². The van der Waals surface area contributed by atoms with E-state index in [0.29, 0.717) is 11.4 Å². The van der Waals surface area contributed by atoms with Crippen LogP contribution in [0, 0.1) is 17.7 Å². The second-order valence-electron chi connectivity index (χ2n) is 5.31. The summed E-state index contributed by atoms with van der Waals surface area (Å²) in [5, 5.41) is 9.58. The van der Waals surface area contributed by atoms with Crippen LogP contribution in [0.1, 0.15) is 25.8 Å². The average Bonchev–Trinajstić information content (AvgIpc) is 2.36. The van der Waals surface area contributed by atoms with Crippen LogP contribution in [0.5, 0.6) is 5.75 Å². The van der Waals surface area contributed by atoms with Gasteiger partial charge in [-0.1, -0.05) is 11.8 Å². The van der Waals surface area contributed by atoms with E-state index in [2.05, 4.69) is 11.8 Å². The molecule has 21 heavy (non-hydrogen) atoms. The first-order valence-electron chi connectivity index (χ1n) is 6.57. The Hall–Kier alpha value is -2.06. The summed E-state index contributed by atoms with van der Waals surface area (Å²) in [5.41, 5.74) is -0.352. The maximum atomic E-state index is 14.0. The summed E-state index contributed by atoms with van der Waals surface area (Å²) in [4.78, 5) is 12.1. The maximum absolute atomic E-state index is 14.0. The van der Waals surface area contributed by atoms with Gasteiger partial charge in [0.25, 0.3) is 0 Å². The average molecular weight is 293 g/mol. The highest BCUT2D eigenvalue weighted by atomic mass is 19.1. The van der Waals surface area contributed by atoms with Gasteiger partial charge >= 0.3 is 0 Å².